The molecule has 0 aliphatic rings. The predicted octanol–water partition coefficient (Wildman–Crippen LogP) is 4.65. The molecular weight excluding hydrogens is 472 g/mol. The van der Waals surface area contributed by atoms with Crippen LogP contribution in [0, 0.1) is 9.39 Å². The number of carboxylic acids is 1. The fourth-order valence-corrected chi connectivity index (χ4v) is 3.30. The van der Waals surface area contributed by atoms with Crippen molar-refractivity contribution in [3.05, 3.63) is 92.8 Å². The normalized spacial score (nSPS) is 10.5. The van der Waals surface area contributed by atoms with Gasteiger partial charge in [-0.25, -0.2) is 4.39 Å². The van der Waals surface area contributed by atoms with Gasteiger partial charge in [0.1, 0.15) is 5.82 Å². The van der Waals surface area contributed by atoms with Gasteiger partial charge < -0.3 is 10.4 Å². The summed E-state index contributed by atoms with van der Waals surface area (Å²) < 4.78 is 14.7. The summed E-state index contributed by atoms with van der Waals surface area (Å²) in [5.74, 6) is -1.90. The van der Waals surface area contributed by atoms with E-state index in [9.17, 15) is 14.0 Å². The molecule has 4 nitrogen and oxygen atoms in total. The van der Waals surface area contributed by atoms with Crippen LogP contribution in [-0.2, 0) is 17.8 Å². The zero-order valence-corrected chi connectivity index (χ0v) is 16.9. The van der Waals surface area contributed by atoms with Gasteiger partial charge in [0.25, 0.3) is 5.91 Å². The summed E-state index contributed by atoms with van der Waals surface area (Å²) in [6.45, 7) is 0.257. The predicted molar refractivity (Wildman–Crippen MR) is 114 cm³/mol. The fourth-order valence-electron chi connectivity index (χ4n) is 2.85. The van der Waals surface area contributed by atoms with E-state index in [1.807, 2.05) is 65.1 Å². The third-order valence-corrected chi connectivity index (χ3v) is 4.84. The zero-order chi connectivity index (χ0) is 20.1. The third kappa shape index (κ3) is 5.16. The lowest BCUT2D eigenvalue weighted by molar-refractivity contribution is -0.136. The highest BCUT2D eigenvalue weighted by Crippen LogP contribution is 2.22. The van der Waals surface area contributed by atoms with E-state index in [1.165, 1.54) is 12.1 Å². The summed E-state index contributed by atoms with van der Waals surface area (Å²) in [6, 6.07) is 19.4. The lowest BCUT2D eigenvalue weighted by Crippen LogP contribution is -2.23. The molecule has 0 saturated heterocycles. The average molecular weight is 489 g/mol. The van der Waals surface area contributed by atoms with E-state index in [4.69, 9.17) is 5.11 Å². The van der Waals surface area contributed by atoms with Gasteiger partial charge in [-0.3, -0.25) is 9.59 Å². The fraction of sp³-hybridized carbons (Fsp3) is 0.0909. The number of rotatable bonds is 6. The van der Waals surface area contributed by atoms with Gasteiger partial charge in [0.2, 0.25) is 0 Å². The van der Waals surface area contributed by atoms with Crippen molar-refractivity contribution in [2.45, 2.75) is 13.0 Å². The first-order valence-corrected chi connectivity index (χ1v) is 9.63. The largest absolute Gasteiger partial charge is 0.481 e. The summed E-state index contributed by atoms with van der Waals surface area (Å²) in [7, 11) is 0. The van der Waals surface area contributed by atoms with Crippen LogP contribution in [0.4, 0.5) is 4.39 Å². The van der Waals surface area contributed by atoms with Crippen molar-refractivity contribution in [2.75, 3.05) is 0 Å². The van der Waals surface area contributed by atoms with Crippen molar-refractivity contribution in [3.63, 3.8) is 0 Å². The smallest absolute Gasteiger partial charge is 0.307 e. The highest BCUT2D eigenvalue weighted by Gasteiger charge is 2.12. The molecule has 0 saturated carbocycles. The van der Waals surface area contributed by atoms with E-state index in [2.05, 4.69) is 5.32 Å². The molecule has 0 radical (unpaired) electrons. The van der Waals surface area contributed by atoms with Crippen molar-refractivity contribution in [2.24, 2.45) is 0 Å². The Balaban J connectivity index is 1.73. The van der Waals surface area contributed by atoms with Crippen LogP contribution in [0.1, 0.15) is 21.5 Å². The van der Waals surface area contributed by atoms with Gasteiger partial charge in [0.15, 0.2) is 0 Å². The zero-order valence-electron chi connectivity index (χ0n) is 14.8. The summed E-state index contributed by atoms with van der Waals surface area (Å²) >= 11 is 1.99. The van der Waals surface area contributed by atoms with Crippen molar-refractivity contribution < 1.29 is 19.1 Å². The molecule has 3 aromatic rings. The van der Waals surface area contributed by atoms with Crippen LogP contribution in [0.5, 0.6) is 0 Å². The highest BCUT2D eigenvalue weighted by atomic mass is 127. The van der Waals surface area contributed by atoms with Gasteiger partial charge in [-0.1, -0.05) is 42.5 Å². The maximum atomic E-state index is 13.9. The topological polar surface area (TPSA) is 66.4 Å². The Morgan fingerprint density at radius 2 is 1.57 bits per heavy atom. The van der Waals surface area contributed by atoms with Gasteiger partial charge in [-0.05, 0) is 69.1 Å². The van der Waals surface area contributed by atoms with Gasteiger partial charge in [0.05, 0.1) is 12.0 Å². The first-order chi connectivity index (χ1) is 13.4. The Labute approximate surface area is 175 Å². The molecule has 0 aromatic heterocycles. The maximum absolute atomic E-state index is 13.9. The minimum Gasteiger partial charge on any atom is -0.481 e. The molecule has 6 heteroatoms. The summed E-state index contributed by atoms with van der Waals surface area (Å²) in [4.78, 5) is 23.2. The second-order valence-electron chi connectivity index (χ2n) is 6.28. The van der Waals surface area contributed by atoms with E-state index < -0.39 is 17.7 Å². The van der Waals surface area contributed by atoms with Crippen LogP contribution in [0.3, 0.4) is 0 Å². The van der Waals surface area contributed by atoms with Crippen LogP contribution in [-0.4, -0.2) is 17.0 Å². The molecule has 3 rings (SSSR count). The summed E-state index contributed by atoms with van der Waals surface area (Å²) in [5, 5.41) is 11.7. The number of aliphatic carboxylic acids is 1. The highest BCUT2D eigenvalue weighted by molar-refractivity contribution is 14.1. The molecule has 0 aliphatic heterocycles. The van der Waals surface area contributed by atoms with E-state index in [1.54, 1.807) is 12.1 Å². The number of carbonyl (C=O) groups is 2. The minimum absolute atomic E-state index is 0.0120. The number of nitrogens with one attached hydrogen (secondary N) is 1. The quantitative estimate of drug-likeness (QED) is 0.496. The molecule has 142 valence electrons. The van der Waals surface area contributed by atoms with Crippen molar-refractivity contribution in [3.8, 4) is 11.1 Å². The molecule has 3 aromatic carbocycles. The molecule has 0 spiro atoms. The third-order valence-electron chi connectivity index (χ3n) is 4.17. The van der Waals surface area contributed by atoms with Crippen LogP contribution in [0.2, 0.25) is 0 Å². The molecule has 0 heterocycles. The molecule has 0 fully saturated rings. The Bertz CT molecular complexity index is 1040. The van der Waals surface area contributed by atoms with Crippen LogP contribution < -0.4 is 5.32 Å². The number of carboxylic acid groups (broad SMARTS) is 1. The minimum atomic E-state index is -0.878. The van der Waals surface area contributed by atoms with Gasteiger partial charge in [-0.15, -0.1) is 0 Å². The number of carbonyl (C=O) groups excluding carboxylic acids is 1. The summed E-state index contributed by atoms with van der Waals surface area (Å²) in [5.41, 5.74) is 3.41. The van der Waals surface area contributed by atoms with Crippen molar-refractivity contribution in [1.82, 2.24) is 5.32 Å². The molecule has 2 N–H and O–H groups in total. The van der Waals surface area contributed by atoms with Crippen molar-refractivity contribution in [1.29, 1.82) is 0 Å². The number of amides is 1. The maximum Gasteiger partial charge on any atom is 0.307 e. The van der Waals surface area contributed by atoms with Gasteiger partial charge in [0, 0.05) is 10.1 Å². The van der Waals surface area contributed by atoms with Crippen molar-refractivity contribution >= 4 is 34.5 Å². The number of benzene rings is 3. The second kappa shape index (κ2) is 8.97. The Kier molecular flexibility index (Phi) is 6.41. The Hall–Kier alpha value is -2.74. The monoisotopic (exact) mass is 489 g/mol. The van der Waals surface area contributed by atoms with E-state index in [0.29, 0.717) is 0 Å². The molecule has 0 atom stereocenters. The lowest BCUT2D eigenvalue weighted by atomic mass is 10.00. The van der Waals surface area contributed by atoms with Crippen LogP contribution >= 0.6 is 22.6 Å². The summed E-state index contributed by atoms with van der Waals surface area (Å²) in [6.07, 6.45) is -0.0365. The van der Waals surface area contributed by atoms with Crippen LogP contribution in [0.15, 0.2) is 66.7 Å². The number of hydrogen-bond donors (Lipinski definition) is 2. The second-order valence-corrected chi connectivity index (χ2v) is 7.52. The Morgan fingerprint density at radius 3 is 2.21 bits per heavy atom. The lowest BCUT2D eigenvalue weighted by Gasteiger charge is -2.09. The molecule has 0 unspecified atom stereocenters. The molecule has 1 amide bonds. The van der Waals surface area contributed by atoms with Gasteiger partial charge in [-0.2, -0.15) is 0 Å². The Morgan fingerprint density at radius 1 is 0.929 bits per heavy atom. The van der Waals surface area contributed by atoms with E-state index in [0.717, 1.165) is 25.8 Å². The molecule has 0 aliphatic carbocycles. The standard InChI is InChI=1S/C22H17FINO3/c23-20-12-18(24)7-8-19(20)22(28)25-13-15-4-2-6-17(10-15)16-5-1-3-14(9-16)11-21(26)27/h1-10,12H,11,13H2,(H,25,28)(H,26,27). The molecule has 0 bridgehead atoms. The SMILES string of the molecule is O=C(O)Cc1cccc(-c2cccc(CNC(=O)c3ccc(I)cc3F)c2)c1. The molecule has 28 heavy (non-hydrogen) atoms. The van der Waals surface area contributed by atoms with Crippen LogP contribution in [0.25, 0.3) is 11.1 Å². The number of halogens is 2. The van der Waals surface area contributed by atoms with Gasteiger partial charge >= 0.3 is 5.97 Å². The average Bonchev–Trinajstić information content (AvgIpc) is 2.66. The first kappa shape index (κ1) is 20.0. The number of hydrogen-bond acceptors (Lipinski definition) is 2. The molecular formula is C22H17FINO3. The first-order valence-electron chi connectivity index (χ1n) is 8.55. The van der Waals surface area contributed by atoms with E-state index >= 15 is 0 Å². The van der Waals surface area contributed by atoms with E-state index in [-0.39, 0.29) is 18.5 Å².